The van der Waals surface area contributed by atoms with Gasteiger partial charge in [-0.3, -0.25) is 0 Å². The van der Waals surface area contributed by atoms with Crippen LogP contribution in [0.2, 0.25) is 5.02 Å². The molecular weight excluding hydrogens is 254 g/mol. The second kappa shape index (κ2) is 6.63. The Bertz CT molecular complexity index is 522. The maximum absolute atomic E-state index is 6.31. The molecule has 0 saturated carbocycles. The predicted octanol–water partition coefficient (Wildman–Crippen LogP) is 4.93. The summed E-state index contributed by atoms with van der Waals surface area (Å²) in [6.07, 6.45) is 0.959. The largest absolute Gasteiger partial charge is 0.367 e. The van der Waals surface area contributed by atoms with Gasteiger partial charge in [0.15, 0.2) is 0 Å². The van der Waals surface area contributed by atoms with Gasteiger partial charge in [0, 0.05) is 23.8 Å². The summed E-state index contributed by atoms with van der Waals surface area (Å²) >= 11 is 6.31. The van der Waals surface area contributed by atoms with Gasteiger partial charge in [-0.2, -0.15) is 0 Å². The normalized spacial score (nSPS) is 10.5. The number of nitrogens with zero attached hydrogens (tertiary/aromatic N) is 1. The zero-order valence-electron chi connectivity index (χ0n) is 11.6. The van der Waals surface area contributed by atoms with Crippen LogP contribution >= 0.6 is 11.6 Å². The van der Waals surface area contributed by atoms with Gasteiger partial charge in [-0.25, -0.2) is 0 Å². The minimum atomic E-state index is 0.867. The maximum Gasteiger partial charge on any atom is 0.0458 e. The first-order chi connectivity index (χ1) is 9.26. The van der Waals surface area contributed by atoms with Gasteiger partial charge in [0.25, 0.3) is 0 Å². The van der Waals surface area contributed by atoms with Crippen LogP contribution in [0.15, 0.2) is 48.5 Å². The first kappa shape index (κ1) is 14.0. The average Bonchev–Trinajstić information content (AvgIpc) is 2.45. The molecule has 2 aromatic carbocycles. The van der Waals surface area contributed by atoms with Crippen LogP contribution in [0.4, 0.5) is 5.69 Å². The van der Waals surface area contributed by atoms with Crippen LogP contribution in [-0.2, 0) is 13.0 Å². The van der Waals surface area contributed by atoms with Crippen molar-refractivity contribution in [1.29, 1.82) is 0 Å². The molecule has 19 heavy (non-hydrogen) atoms. The van der Waals surface area contributed by atoms with E-state index in [0.717, 1.165) is 24.5 Å². The van der Waals surface area contributed by atoms with Gasteiger partial charge in [-0.05, 0) is 36.6 Å². The summed E-state index contributed by atoms with van der Waals surface area (Å²) in [6, 6.07) is 16.7. The molecular formula is C17H20ClN. The highest BCUT2D eigenvalue weighted by Crippen LogP contribution is 2.29. The van der Waals surface area contributed by atoms with Gasteiger partial charge in [0.2, 0.25) is 0 Å². The maximum atomic E-state index is 6.31. The first-order valence-electron chi connectivity index (χ1n) is 6.82. The number of benzene rings is 2. The van der Waals surface area contributed by atoms with Crippen molar-refractivity contribution in [2.75, 3.05) is 11.4 Å². The highest BCUT2D eigenvalue weighted by atomic mass is 35.5. The predicted molar refractivity (Wildman–Crippen MR) is 84.0 cm³/mol. The molecule has 2 rings (SSSR count). The van der Waals surface area contributed by atoms with Crippen molar-refractivity contribution in [2.24, 2.45) is 0 Å². The molecule has 0 saturated heterocycles. The lowest BCUT2D eigenvalue weighted by Crippen LogP contribution is -2.23. The fourth-order valence-electron chi connectivity index (χ4n) is 2.36. The van der Waals surface area contributed by atoms with Crippen molar-refractivity contribution in [2.45, 2.75) is 26.8 Å². The van der Waals surface area contributed by atoms with E-state index in [9.17, 15) is 0 Å². The van der Waals surface area contributed by atoms with Crippen molar-refractivity contribution in [3.05, 3.63) is 64.7 Å². The van der Waals surface area contributed by atoms with E-state index in [2.05, 4.69) is 55.1 Å². The summed E-state index contributed by atoms with van der Waals surface area (Å²) in [6.45, 7) is 6.23. The molecule has 0 spiro atoms. The second-order valence-electron chi connectivity index (χ2n) is 4.59. The van der Waals surface area contributed by atoms with E-state index in [1.807, 2.05) is 12.1 Å². The molecule has 100 valence electrons. The molecule has 0 aliphatic rings. The van der Waals surface area contributed by atoms with Crippen LogP contribution < -0.4 is 4.90 Å². The Morgan fingerprint density at radius 1 is 0.947 bits per heavy atom. The number of halogens is 1. The third kappa shape index (κ3) is 3.30. The Hall–Kier alpha value is -1.47. The molecule has 0 radical (unpaired) electrons. The molecule has 1 nitrogen and oxygen atoms in total. The number of hydrogen-bond donors (Lipinski definition) is 0. The Morgan fingerprint density at radius 2 is 1.68 bits per heavy atom. The summed E-state index contributed by atoms with van der Waals surface area (Å²) in [5, 5.41) is 0.867. The van der Waals surface area contributed by atoms with Crippen molar-refractivity contribution in [1.82, 2.24) is 0 Å². The molecule has 0 heterocycles. The Morgan fingerprint density at radius 3 is 2.32 bits per heavy atom. The van der Waals surface area contributed by atoms with E-state index >= 15 is 0 Å². The monoisotopic (exact) mass is 273 g/mol. The standard InChI is InChI=1S/C17H20ClN/c1-3-15-16(18)11-8-12-17(15)19(4-2)13-14-9-6-5-7-10-14/h5-12H,3-4,13H2,1-2H3. The molecule has 0 aliphatic carbocycles. The minimum Gasteiger partial charge on any atom is -0.367 e. The Balaban J connectivity index is 2.30. The minimum absolute atomic E-state index is 0.867. The quantitative estimate of drug-likeness (QED) is 0.747. The van der Waals surface area contributed by atoms with E-state index in [0.29, 0.717) is 0 Å². The zero-order valence-corrected chi connectivity index (χ0v) is 12.3. The summed E-state index contributed by atoms with van der Waals surface area (Å²) < 4.78 is 0. The summed E-state index contributed by atoms with van der Waals surface area (Å²) in [4.78, 5) is 2.38. The van der Waals surface area contributed by atoms with Crippen molar-refractivity contribution < 1.29 is 0 Å². The van der Waals surface area contributed by atoms with E-state index in [-0.39, 0.29) is 0 Å². The van der Waals surface area contributed by atoms with Crippen LogP contribution in [0.1, 0.15) is 25.0 Å². The van der Waals surface area contributed by atoms with Crippen LogP contribution in [0.25, 0.3) is 0 Å². The molecule has 0 bridgehead atoms. The summed E-state index contributed by atoms with van der Waals surface area (Å²) in [5.74, 6) is 0. The van der Waals surface area contributed by atoms with Crippen LogP contribution in [0.5, 0.6) is 0 Å². The number of hydrogen-bond acceptors (Lipinski definition) is 1. The van der Waals surface area contributed by atoms with Gasteiger partial charge in [0.05, 0.1) is 0 Å². The number of rotatable bonds is 5. The number of anilines is 1. The third-order valence-electron chi connectivity index (χ3n) is 3.39. The third-order valence-corrected chi connectivity index (χ3v) is 3.74. The van der Waals surface area contributed by atoms with E-state index in [1.165, 1.54) is 16.8 Å². The van der Waals surface area contributed by atoms with Crippen molar-refractivity contribution in [3.8, 4) is 0 Å². The Labute approximate surface area is 120 Å². The lowest BCUT2D eigenvalue weighted by molar-refractivity contribution is 0.823. The summed E-state index contributed by atoms with van der Waals surface area (Å²) in [5.41, 5.74) is 3.81. The molecule has 0 amide bonds. The van der Waals surface area contributed by atoms with Crippen LogP contribution in [-0.4, -0.2) is 6.54 Å². The van der Waals surface area contributed by atoms with Crippen LogP contribution in [0.3, 0.4) is 0 Å². The lowest BCUT2D eigenvalue weighted by Gasteiger charge is -2.26. The molecule has 0 aromatic heterocycles. The van der Waals surface area contributed by atoms with Crippen molar-refractivity contribution >= 4 is 17.3 Å². The molecule has 0 aliphatic heterocycles. The van der Waals surface area contributed by atoms with Gasteiger partial charge < -0.3 is 4.90 Å². The fraction of sp³-hybridized carbons (Fsp3) is 0.294. The van der Waals surface area contributed by atoms with E-state index < -0.39 is 0 Å². The topological polar surface area (TPSA) is 3.24 Å². The first-order valence-corrected chi connectivity index (χ1v) is 7.20. The Kier molecular flexibility index (Phi) is 4.86. The van der Waals surface area contributed by atoms with Crippen molar-refractivity contribution in [3.63, 3.8) is 0 Å². The molecule has 2 heteroatoms. The zero-order chi connectivity index (χ0) is 13.7. The van der Waals surface area contributed by atoms with Gasteiger partial charge in [0.1, 0.15) is 0 Å². The molecule has 0 N–H and O–H groups in total. The van der Waals surface area contributed by atoms with Gasteiger partial charge in [-0.1, -0.05) is 54.9 Å². The van der Waals surface area contributed by atoms with E-state index in [4.69, 9.17) is 11.6 Å². The molecule has 0 unspecified atom stereocenters. The molecule has 0 fully saturated rings. The highest BCUT2D eigenvalue weighted by Gasteiger charge is 2.11. The second-order valence-corrected chi connectivity index (χ2v) is 5.00. The highest BCUT2D eigenvalue weighted by molar-refractivity contribution is 6.31. The fourth-order valence-corrected chi connectivity index (χ4v) is 2.67. The van der Waals surface area contributed by atoms with Gasteiger partial charge in [-0.15, -0.1) is 0 Å². The molecule has 0 atom stereocenters. The van der Waals surface area contributed by atoms with Gasteiger partial charge >= 0.3 is 0 Å². The SMILES string of the molecule is CCc1c(Cl)cccc1N(CC)Cc1ccccc1. The lowest BCUT2D eigenvalue weighted by atomic mass is 10.1. The van der Waals surface area contributed by atoms with Crippen LogP contribution in [0, 0.1) is 0 Å². The molecule has 2 aromatic rings. The average molecular weight is 274 g/mol. The van der Waals surface area contributed by atoms with E-state index in [1.54, 1.807) is 0 Å². The smallest absolute Gasteiger partial charge is 0.0458 e. The summed E-state index contributed by atoms with van der Waals surface area (Å²) in [7, 11) is 0.